The Morgan fingerprint density at radius 1 is 1.09 bits per heavy atom. The topological polar surface area (TPSA) is 55.8 Å². The summed E-state index contributed by atoms with van der Waals surface area (Å²) in [5.74, 6) is -0.851. The quantitative estimate of drug-likeness (QED) is 0.679. The maximum Gasteiger partial charge on any atom is 0.197 e. The third-order valence-electron chi connectivity index (χ3n) is 3.09. The molecular weight excluding hydrogens is 287 g/mol. The predicted octanol–water partition coefficient (Wildman–Crippen LogP) is 3.44. The maximum absolute atomic E-state index is 13.6. The van der Waals surface area contributed by atoms with Crippen LogP contribution in [0.4, 0.5) is 4.39 Å². The van der Waals surface area contributed by atoms with E-state index < -0.39 is 5.82 Å². The Morgan fingerprint density at radius 2 is 1.77 bits per heavy atom. The number of allylic oxidation sites excluding steroid dienone is 1. The molecule has 0 bridgehead atoms. The van der Waals surface area contributed by atoms with E-state index in [-0.39, 0.29) is 28.6 Å². The molecule has 5 heteroatoms. The summed E-state index contributed by atoms with van der Waals surface area (Å²) in [6.45, 7) is 0. The molecule has 0 fully saturated rings. The average Bonchev–Trinajstić information content (AvgIpc) is 2.53. The second kappa shape index (κ2) is 6.76. The molecule has 0 aromatic heterocycles. The highest BCUT2D eigenvalue weighted by Gasteiger charge is 2.14. The maximum atomic E-state index is 13.6. The van der Waals surface area contributed by atoms with Crippen LogP contribution in [0, 0.1) is 5.82 Å². The average molecular weight is 302 g/mol. The minimum absolute atomic E-state index is 0.0281. The highest BCUT2D eigenvalue weighted by Crippen LogP contribution is 2.34. The third kappa shape index (κ3) is 3.09. The van der Waals surface area contributed by atoms with Crippen molar-refractivity contribution in [2.24, 2.45) is 0 Å². The smallest absolute Gasteiger partial charge is 0.197 e. The van der Waals surface area contributed by atoms with E-state index in [1.807, 2.05) is 0 Å². The van der Waals surface area contributed by atoms with Crippen molar-refractivity contribution in [1.82, 2.24) is 0 Å². The van der Waals surface area contributed by atoms with Gasteiger partial charge in [0.1, 0.15) is 5.75 Å². The molecule has 0 atom stereocenters. The fourth-order valence-electron chi connectivity index (χ4n) is 2.02. The highest BCUT2D eigenvalue weighted by molar-refractivity contribution is 6.08. The predicted molar refractivity (Wildman–Crippen MR) is 81.0 cm³/mol. The summed E-state index contributed by atoms with van der Waals surface area (Å²) in [5, 5.41) is 9.65. The Bertz CT molecular complexity index is 723. The number of aromatic hydroxyl groups is 1. The lowest BCUT2D eigenvalue weighted by molar-refractivity contribution is 0.104. The van der Waals surface area contributed by atoms with Crippen molar-refractivity contribution in [2.75, 3.05) is 14.2 Å². The van der Waals surface area contributed by atoms with Gasteiger partial charge in [-0.1, -0.05) is 12.1 Å². The Hall–Kier alpha value is -2.82. The monoisotopic (exact) mass is 302 g/mol. The molecule has 0 aliphatic heterocycles. The van der Waals surface area contributed by atoms with E-state index in [0.29, 0.717) is 5.56 Å². The van der Waals surface area contributed by atoms with E-state index in [1.54, 1.807) is 12.1 Å². The number of ketones is 1. The number of rotatable bonds is 5. The molecule has 0 saturated heterocycles. The lowest BCUT2D eigenvalue weighted by Gasteiger charge is -2.11. The first-order valence-corrected chi connectivity index (χ1v) is 6.49. The SMILES string of the molecule is COc1c(F)ccc(C=CC(=O)c2ccccc2O)c1OC. The van der Waals surface area contributed by atoms with Gasteiger partial charge in [0.05, 0.1) is 19.8 Å². The van der Waals surface area contributed by atoms with Crippen LogP contribution in [0.2, 0.25) is 0 Å². The minimum atomic E-state index is -0.552. The zero-order valence-electron chi connectivity index (χ0n) is 12.2. The number of methoxy groups -OCH3 is 2. The molecule has 0 spiro atoms. The number of benzene rings is 2. The van der Waals surface area contributed by atoms with Crippen molar-refractivity contribution in [3.8, 4) is 17.2 Å². The number of hydrogen-bond donors (Lipinski definition) is 1. The van der Waals surface area contributed by atoms with Crippen molar-refractivity contribution in [3.63, 3.8) is 0 Å². The molecule has 2 aromatic rings. The molecule has 0 radical (unpaired) electrons. The number of hydrogen-bond acceptors (Lipinski definition) is 4. The van der Waals surface area contributed by atoms with Crippen LogP contribution in [0.3, 0.4) is 0 Å². The van der Waals surface area contributed by atoms with Gasteiger partial charge in [-0.25, -0.2) is 4.39 Å². The molecule has 0 aliphatic rings. The number of para-hydroxylation sites is 1. The van der Waals surface area contributed by atoms with E-state index >= 15 is 0 Å². The molecule has 2 aromatic carbocycles. The van der Waals surface area contributed by atoms with Crippen LogP contribution >= 0.6 is 0 Å². The first-order valence-electron chi connectivity index (χ1n) is 6.49. The fraction of sp³-hybridized carbons (Fsp3) is 0.118. The van der Waals surface area contributed by atoms with Gasteiger partial charge in [0.2, 0.25) is 0 Å². The van der Waals surface area contributed by atoms with Crippen LogP contribution in [0.1, 0.15) is 15.9 Å². The van der Waals surface area contributed by atoms with Gasteiger partial charge in [-0.2, -0.15) is 0 Å². The number of phenolic OH excluding ortho intramolecular Hbond substituents is 1. The summed E-state index contributed by atoms with van der Waals surface area (Å²) < 4.78 is 23.7. The van der Waals surface area contributed by atoms with Gasteiger partial charge >= 0.3 is 0 Å². The number of ether oxygens (including phenoxy) is 2. The van der Waals surface area contributed by atoms with Gasteiger partial charge in [0.15, 0.2) is 23.1 Å². The van der Waals surface area contributed by atoms with Gasteiger partial charge in [0, 0.05) is 5.56 Å². The first kappa shape index (κ1) is 15.6. The van der Waals surface area contributed by atoms with Crippen LogP contribution in [-0.4, -0.2) is 25.1 Å². The second-order valence-corrected chi connectivity index (χ2v) is 4.42. The molecule has 114 valence electrons. The molecule has 0 saturated carbocycles. The van der Waals surface area contributed by atoms with Gasteiger partial charge < -0.3 is 14.6 Å². The highest BCUT2D eigenvalue weighted by atomic mass is 19.1. The number of phenols is 1. The van der Waals surface area contributed by atoms with E-state index in [1.165, 1.54) is 50.6 Å². The molecule has 2 rings (SSSR count). The van der Waals surface area contributed by atoms with Gasteiger partial charge in [-0.05, 0) is 36.4 Å². The van der Waals surface area contributed by atoms with Crippen molar-refractivity contribution in [1.29, 1.82) is 0 Å². The Morgan fingerprint density at radius 3 is 2.41 bits per heavy atom. The van der Waals surface area contributed by atoms with Crippen molar-refractivity contribution in [3.05, 3.63) is 59.4 Å². The number of halogens is 1. The summed E-state index contributed by atoms with van der Waals surface area (Å²) in [6, 6.07) is 8.94. The zero-order valence-corrected chi connectivity index (χ0v) is 12.2. The van der Waals surface area contributed by atoms with Crippen LogP contribution in [-0.2, 0) is 0 Å². The van der Waals surface area contributed by atoms with Crippen LogP contribution in [0.15, 0.2) is 42.5 Å². The number of carbonyl (C=O) groups excluding carboxylic acids is 1. The Kier molecular flexibility index (Phi) is 4.78. The number of carbonyl (C=O) groups is 1. The summed E-state index contributed by atoms with van der Waals surface area (Å²) >= 11 is 0. The third-order valence-corrected chi connectivity index (χ3v) is 3.09. The van der Waals surface area contributed by atoms with E-state index in [4.69, 9.17) is 9.47 Å². The molecule has 4 nitrogen and oxygen atoms in total. The molecule has 0 amide bonds. The molecule has 22 heavy (non-hydrogen) atoms. The van der Waals surface area contributed by atoms with Gasteiger partial charge in [-0.3, -0.25) is 4.79 Å². The minimum Gasteiger partial charge on any atom is -0.507 e. The van der Waals surface area contributed by atoms with Crippen LogP contribution < -0.4 is 9.47 Å². The van der Waals surface area contributed by atoms with Crippen LogP contribution in [0.5, 0.6) is 17.2 Å². The normalized spacial score (nSPS) is 10.7. The molecule has 0 heterocycles. The van der Waals surface area contributed by atoms with Crippen LogP contribution in [0.25, 0.3) is 6.08 Å². The first-order chi connectivity index (χ1) is 10.6. The largest absolute Gasteiger partial charge is 0.507 e. The second-order valence-electron chi connectivity index (χ2n) is 4.42. The standard InChI is InChI=1S/C17H15FO4/c1-21-16-11(7-9-13(18)17(16)22-2)8-10-15(20)12-5-3-4-6-14(12)19/h3-10,19H,1-2H3. The summed E-state index contributed by atoms with van der Waals surface area (Å²) in [5.41, 5.74) is 0.677. The van der Waals surface area contributed by atoms with Crippen molar-refractivity contribution >= 4 is 11.9 Å². The Labute approximate surface area is 127 Å². The molecule has 0 aliphatic carbocycles. The lowest BCUT2D eigenvalue weighted by atomic mass is 10.1. The van der Waals surface area contributed by atoms with Gasteiger partial charge in [0.25, 0.3) is 0 Å². The molecular formula is C17H15FO4. The molecule has 1 N–H and O–H groups in total. The summed E-state index contributed by atoms with van der Waals surface area (Å²) in [7, 11) is 2.72. The van der Waals surface area contributed by atoms with E-state index in [0.717, 1.165) is 0 Å². The van der Waals surface area contributed by atoms with E-state index in [2.05, 4.69) is 0 Å². The van der Waals surface area contributed by atoms with Crippen molar-refractivity contribution < 1.29 is 23.8 Å². The van der Waals surface area contributed by atoms with Gasteiger partial charge in [-0.15, -0.1) is 0 Å². The summed E-state index contributed by atoms with van der Waals surface area (Å²) in [6.07, 6.45) is 2.76. The fourth-order valence-corrected chi connectivity index (χ4v) is 2.02. The zero-order chi connectivity index (χ0) is 16.1. The summed E-state index contributed by atoms with van der Waals surface area (Å²) in [4.78, 5) is 12.1. The lowest BCUT2D eigenvalue weighted by Crippen LogP contribution is -1.97. The molecule has 0 unspecified atom stereocenters. The van der Waals surface area contributed by atoms with E-state index in [9.17, 15) is 14.3 Å². The Balaban J connectivity index is 2.35. The van der Waals surface area contributed by atoms with Crippen molar-refractivity contribution in [2.45, 2.75) is 0 Å².